The number of anilines is 1. The number of hydrogen-bond acceptors (Lipinski definition) is 3. The summed E-state index contributed by atoms with van der Waals surface area (Å²) in [4.78, 5) is 14.3. The predicted molar refractivity (Wildman–Crippen MR) is 96.1 cm³/mol. The molecule has 1 aromatic carbocycles. The summed E-state index contributed by atoms with van der Waals surface area (Å²) in [5.41, 5.74) is 1.04. The minimum atomic E-state index is -0.217. The van der Waals surface area contributed by atoms with E-state index in [1.807, 2.05) is 0 Å². The van der Waals surface area contributed by atoms with Gasteiger partial charge < -0.3 is 20.6 Å². The van der Waals surface area contributed by atoms with Gasteiger partial charge in [0.2, 0.25) is 0 Å². The van der Waals surface area contributed by atoms with Crippen LogP contribution in [0.1, 0.15) is 32.1 Å². The van der Waals surface area contributed by atoms with Crippen molar-refractivity contribution in [2.45, 2.75) is 38.1 Å². The maximum absolute atomic E-state index is 13.0. The molecule has 1 aliphatic heterocycles. The Morgan fingerprint density at radius 3 is 2.52 bits per heavy atom. The Labute approximate surface area is 148 Å². The van der Waals surface area contributed by atoms with E-state index in [-0.39, 0.29) is 24.5 Å². The predicted octanol–water partition coefficient (Wildman–Crippen LogP) is 2.50. The van der Waals surface area contributed by atoms with E-state index in [0.29, 0.717) is 18.4 Å². The fourth-order valence-corrected chi connectivity index (χ4v) is 3.85. The van der Waals surface area contributed by atoms with E-state index >= 15 is 0 Å². The molecule has 2 amide bonds. The number of halogens is 1. The maximum Gasteiger partial charge on any atom is 0.315 e. The first kappa shape index (κ1) is 18.0. The third-order valence-electron chi connectivity index (χ3n) is 5.47. The molecule has 138 valence electrons. The fraction of sp³-hybridized carbons (Fsp3) is 0.632. The van der Waals surface area contributed by atoms with E-state index in [9.17, 15) is 9.18 Å². The lowest BCUT2D eigenvalue weighted by molar-refractivity contribution is 0.174. The van der Waals surface area contributed by atoms with Crippen LogP contribution in [0.15, 0.2) is 24.3 Å². The van der Waals surface area contributed by atoms with Crippen LogP contribution >= 0.6 is 0 Å². The van der Waals surface area contributed by atoms with Crippen molar-refractivity contribution in [1.29, 1.82) is 0 Å². The largest absolute Gasteiger partial charge is 0.396 e. The van der Waals surface area contributed by atoms with E-state index in [2.05, 4.69) is 15.5 Å². The molecule has 0 bridgehead atoms. The molecule has 1 saturated heterocycles. The van der Waals surface area contributed by atoms with E-state index in [4.69, 9.17) is 5.11 Å². The summed E-state index contributed by atoms with van der Waals surface area (Å²) in [7, 11) is 0. The number of nitrogens with zero attached hydrogens (tertiary/aromatic N) is 1. The molecule has 5 nitrogen and oxygen atoms in total. The lowest BCUT2D eigenvalue weighted by Gasteiger charge is -2.28. The zero-order valence-electron chi connectivity index (χ0n) is 14.6. The number of rotatable bonds is 5. The number of urea groups is 1. The Bertz CT molecular complexity index is 558. The highest BCUT2D eigenvalue weighted by atomic mass is 19.1. The van der Waals surface area contributed by atoms with Crippen molar-refractivity contribution in [3.63, 3.8) is 0 Å². The Hall–Kier alpha value is -1.82. The summed E-state index contributed by atoms with van der Waals surface area (Å²) in [6.07, 6.45) is 4.88. The molecule has 3 N–H and O–H groups in total. The number of benzene rings is 1. The van der Waals surface area contributed by atoms with Gasteiger partial charge in [0.15, 0.2) is 0 Å². The summed E-state index contributed by atoms with van der Waals surface area (Å²) in [5.74, 6) is 0.601. The zero-order valence-corrected chi connectivity index (χ0v) is 14.6. The van der Waals surface area contributed by atoms with Crippen molar-refractivity contribution in [2.75, 3.05) is 31.1 Å². The first-order valence-electron chi connectivity index (χ1n) is 9.29. The van der Waals surface area contributed by atoms with Crippen LogP contribution in [-0.2, 0) is 0 Å². The molecule has 6 heteroatoms. The maximum atomic E-state index is 13.0. The van der Waals surface area contributed by atoms with Gasteiger partial charge in [-0.05, 0) is 68.2 Å². The number of aliphatic hydroxyl groups excluding tert-OH is 1. The van der Waals surface area contributed by atoms with Gasteiger partial charge in [0.05, 0.1) is 0 Å². The molecule has 1 aromatic rings. The molecular formula is C19H28FN3O2. The van der Waals surface area contributed by atoms with Crippen molar-refractivity contribution >= 4 is 11.7 Å². The third-order valence-corrected chi connectivity index (χ3v) is 5.47. The summed E-state index contributed by atoms with van der Waals surface area (Å²) in [6, 6.07) is 6.72. The molecule has 0 radical (unpaired) electrons. The van der Waals surface area contributed by atoms with Gasteiger partial charge in [-0.1, -0.05) is 0 Å². The number of hydrogen-bond donors (Lipinski definition) is 3. The summed E-state index contributed by atoms with van der Waals surface area (Å²) in [5, 5.41) is 15.2. The Kier molecular flexibility index (Phi) is 6.13. The van der Waals surface area contributed by atoms with Crippen molar-refractivity contribution in [3.05, 3.63) is 30.1 Å². The molecule has 1 unspecified atom stereocenters. The van der Waals surface area contributed by atoms with E-state index in [1.165, 1.54) is 12.1 Å². The van der Waals surface area contributed by atoms with Crippen LogP contribution in [0, 0.1) is 17.7 Å². The quantitative estimate of drug-likeness (QED) is 0.765. The highest BCUT2D eigenvalue weighted by molar-refractivity contribution is 5.74. The SMILES string of the molecule is O=C(NCC1CCN(c2ccc(F)cc2)C1)NC1CCC(CO)CC1. The molecule has 2 aliphatic rings. The second-order valence-corrected chi connectivity index (χ2v) is 7.33. The Morgan fingerprint density at radius 1 is 1.12 bits per heavy atom. The molecule has 1 aliphatic carbocycles. The van der Waals surface area contributed by atoms with Gasteiger partial charge in [0.1, 0.15) is 5.82 Å². The average molecular weight is 349 g/mol. The standard InChI is InChI=1S/C19H28FN3O2/c20-16-3-7-18(8-4-16)23-10-9-15(12-23)11-21-19(25)22-17-5-1-14(13-24)2-6-17/h3-4,7-8,14-15,17,24H,1-2,5-6,9-13H2,(H2,21,22,25). The normalized spacial score (nSPS) is 26.5. The smallest absolute Gasteiger partial charge is 0.315 e. The first-order valence-corrected chi connectivity index (χ1v) is 9.29. The van der Waals surface area contributed by atoms with Gasteiger partial charge in [0, 0.05) is 38.0 Å². The van der Waals surface area contributed by atoms with Gasteiger partial charge in [-0.2, -0.15) is 0 Å². The van der Waals surface area contributed by atoms with E-state index < -0.39 is 0 Å². The minimum absolute atomic E-state index is 0.0901. The van der Waals surface area contributed by atoms with Crippen LogP contribution in [0.3, 0.4) is 0 Å². The second-order valence-electron chi connectivity index (χ2n) is 7.33. The summed E-state index contributed by atoms with van der Waals surface area (Å²) < 4.78 is 13.0. The third kappa shape index (κ3) is 5.08. The minimum Gasteiger partial charge on any atom is -0.396 e. The van der Waals surface area contributed by atoms with Crippen molar-refractivity contribution in [1.82, 2.24) is 10.6 Å². The van der Waals surface area contributed by atoms with Crippen molar-refractivity contribution in [2.24, 2.45) is 11.8 Å². The Balaban J connectivity index is 1.36. The lowest BCUT2D eigenvalue weighted by Crippen LogP contribution is -2.45. The van der Waals surface area contributed by atoms with Crippen molar-refractivity contribution in [3.8, 4) is 0 Å². The monoisotopic (exact) mass is 349 g/mol. The van der Waals surface area contributed by atoms with Gasteiger partial charge in [-0.25, -0.2) is 9.18 Å². The molecule has 3 rings (SSSR count). The Morgan fingerprint density at radius 2 is 1.84 bits per heavy atom. The zero-order chi connectivity index (χ0) is 17.6. The van der Waals surface area contributed by atoms with Gasteiger partial charge in [0.25, 0.3) is 0 Å². The van der Waals surface area contributed by atoms with Crippen LogP contribution in [0.25, 0.3) is 0 Å². The first-order chi connectivity index (χ1) is 12.1. The molecule has 1 atom stereocenters. The molecular weight excluding hydrogens is 321 g/mol. The summed E-state index contributed by atoms with van der Waals surface area (Å²) in [6.45, 7) is 2.74. The highest BCUT2D eigenvalue weighted by Crippen LogP contribution is 2.24. The van der Waals surface area contributed by atoms with Crippen molar-refractivity contribution < 1.29 is 14.3 Å². The number of carbonyl (C=O) groups is 1. The highest BCUT2D eigenvalue weighted by Gasteiger charge is 2.25. The van der Waals surface area contributed by atoms with E-state index in [1.54, 1.807) is 12.1 Å². The molecule has 1 heterocycles. The number of carbonyl (C=O) groups excluding carboxylic acids is 1. The van der Waals surface area contributed by atoms with E-state index in [0.717, 1.165) is 50.9 Å². The van der Waals surface area contributed by atoms with Crippen LogP contribution in [0.5, 0.6) is 0 Å². The van der Waals surface area contributed by atoms with Crippen LogP contribution in [0.2, 0.25) is 0 Å². The molecule has 1 saturated carbocycles. The lowest BCUT2D eigenvalue weighted by atomic mass is 9.87. The van der Waals surface area contributed by atoms with Gasteiger partial charge in [-0.15, -0.1) is 0 Å². The van der Waals surface area contributed by atoms with Crippen LogP contribution in [0.4, 0.5) is 14.9 Å². The molecule has 25 heavy (non-hydrogen) atoms. The average Bonchev–Trinajstić information content (AvgIpc) is 3.10. The number of nitrogens with one attached hydrogen (secondary N) is 2. The number of aliphatic hydroxyl groups is 1. The van der Waals surface area contributed by atoms with Gasteiger partial charge >= 0.3 is 6.03 Å². The molecule has 2 fully saturated rings. The second kappa shape index (κ2) is 8.52. The summed E-state index contributed by atoms with van der Waals surface area (Å²) >= 11 is 0. The topological polar surface area (TPSA) is 64.6 Å². The number of amides is 2. The van der Waals surface area contributed by atoms with Gasteiger partial charge in [-0.3, -0.25) is 0 Å². The fourth-order valence-electron chi connectivity index (χ4n) is 3.85. The molecule has 0 aromatic heterocycles. The van der Waals surface area contributed by atoms with Crippen LogP contribution in [-0.4, -0.2) is 43.4 Å². The van der Waals surface area contributed by atoms with Crippen LogP contribution < -0.4 is 15.5 Å². The molecule has 0 spiro atoms.